The van der Waals surface area contributed by atoms with E-state index >= 15 is 0 Å². The lowest BCUT2D eigenvalue weighted by Gasteiger charge is -2.30. The van der Waals surface area contributed by atoms with Gasteiger partial charge in [0, 0.05) is 6.07 Å². The maximum absolute atomic E-state index is 13.0. The minimum absolute atomic E-state index is 0.0457. The molecule has 3 rings (SSSR count). The van der Waals surface area contributed by atoms with Gasteiger partial charge in [-0.05, 0) is 57.5 Å². The van der Waals surface area contributed by atoms with E-state index < -0.39 is 6.10 Å². The molecule has 146 valence electrons. The normalized spacial score (nSPS) is 17.1. The zero-order valence-electron chi connectivity index (χ0n) is 16.7. The molecule has 27 heavy (non-hydrogen) atoms. The maximum atomic E-state index is 13.0. The number of amides is 1. The number of nitrogens with zero attached hydrogens (tertiary/aromatic N) is 3. The third-order valence-electron chi connectivity index (χ3n) is 5.17. The molecule has 0 saturated carbocycles. The number of aromatic nitrogens is 2. The van der Waals surface area contributed by atoms with E-state index in [9.17, 15) is 4.79 Å². The average Bonchev–Trinajstić information content (AvgIpc) is 3.09. The van der Waals surface area contributed by atoms with Crippen LogP contribution in [0.1, 0.15) is 38.3 Å². The first kappa shape index (κ1) is 19.4. The highest BCUT2D eigenvalue weighted by atomic mass is 16.5. The Hall–Kier alpha value is -2.34. The fraction of sp³-hybridized carbons (Fsp3) is 0.524. The number of hydrogen-bond acceptors (Lipinski definition) is 4. The quantitative estimate of drug-likeness (QED) is 0.845. The molecule has 2 aromatic rings. The molecule has 6 heteroatoms. The number of carbonyl (C=O) groups is 1. The van der Waals surface area contributed by atoms with Crippen molar-refractivity contribution in [2.24, 2.45) is 5.92 Å². The van der Waals surface area contributed by atoms with Gasteiger partial charge in [-0.1, -0.05) is 32.0 Å². The monoisotopic (exact) mass is 370 g/mol. The second kappa shape index (κ2) is 8.57. The Morgan fingerprint density at radius 3 is 2.59 bits per heavy atom. The zero-order chi connectivity index (χ0) is 19.4. The molecule has 1 amide bonds. The van der Waals surface area contributed by atoms with Gasteiger partial charge in [-0.2, -0.15) is 5.10 Å². The van der Waals surface area contributed by atoms with Gasteiger partial charge in [0.2, 0.25) is 0 Å². The van der Waals surface area contributed by atoms with Gasteiger partial charge in [0.1, 0.15) is 11.6 Å². The van der Waals surface area contributed by atoms with Crippen LogP contribution in [0.2, 0.25) is 0 Å². The van der Waals surface area contributed by atoms with Gasteiger partial charge in [-0.3, -0.25) is 4.79 Å². The number of piperidine rings is 1. The van der Waals surface area contributed by atoms with Crippen molar-refractivity contribution in [2.45, 2.75) is 45.8 Å². The summed E-state index contributed by atoms with van der Waals surface area (Å²) in [5.74, 6) is 1.40. The number of hydrogen-bond donors (Lipinski definition) is 1. The average molecular weight is 370 g/mol. The standard InChI is InChI=1S/C21H30N4O2/c1-15(2)20(27-18-8-6-5-7-16(18)3)21(26)23-19-9-12-22-25(19)17-10-13-24(4)14-11-17/h5-9,12,15,17,20H,10-11,13-14H2,1-4H3,(H,23,26). The van der Waals surface area contributed by atoms with Gasteiger partial charge in [-0.15, -0.1) is 0 Å². The number of rotatable bonds is 6. The Bertz CT molecular complexity index is 763. The van der Waals surface area contributed by atoms with Crippen LogP contribution < -0.4 is 10.1 Å². The van der Waals surface area contributed by atoms with Crippen LogP contribution in [0, 0.1) is 12.8 Å². The first-order chi connectivity index (χ1) is 13.0. The number of aryl methyl sites for hydroxylation is 1. The zero-order valence-corrected chi connectivity index (χ0v) is 16.7. The van der Waals surface area contributed by atoms with E-state index in [1.807, 2.05) is 55.8 Å². The Kier molecular flexibility index (Phi) is 6.16. The summed E-state index contributed by atoms with van der Waals surface area (Å²) in [6.45, 7) is 8.07. The van der Waals surface area contributed by atoms with Crippen molar-refractivity contribution in [1.29, 1.82) is 0 Å². The predicted molar refractivity (Wildman–Crippen MR) is 107 cm³/mol. The fourth-order valence-electron chi connectivity index (χ4n) is 3.46. The Labute approximate surface area is 161 Å². The molecule has 0 bridgehead atoms. The highest BCUT2D eigenvalue weighted by Gasteiger charge is 2.27. The van der Waals surface area contributed by atoms with Crippen molar-refractivity contribution < 1.29 is 9.53 Å². The third-order valence-corrected chi connectivity index (χ3v) is 5.17. The number of ether oxygens (including phenoxy) is 1. The van der Waals surface area contributed by atoms with Gasteiger partial charge in [-0.25, -0.2) is 4.68 Å². The summed E-state index contributed by atoms with van der Waals surface area (Å²) in [7, 11) is 2.14. The fourth-order valence-corrected chi connectivity index (χ4v) is 3.46. The van der Waals surface area contributed by atoms with Crippen molar-refractivity contribution >= 4 is 11.7 Å². The van der Waals surface area contributed by atoms with E-state index in [2.05, 4.69) is 22.4 Å². The summed E-state index contributed by atoms with van der Waals surface area (Å²) in [5, 5.41) is 7.51. The van der Waals surface area contributed by atoms with Crippen LogP contribution >= 0.6 is 0 Å². The largest absolute Gasteiger partial charge is 0.480 e. The molecule has 1 aliphatic rings. The van der Waals surface area contributed by atoms with E-state index in [4.69, 9.17) is 4.74 Å². The van der Waals surface area contributed by atoms with Crippen LogP contribution in [0.5, 0.6) is 5.75 Å². The molecule has 1 saturated heterocycles. The van der Waals surface area contributed by atoms with Crippen LogP contribution in [0.15, 0.2) is 36.5 Å². The number of carbonyl (C=O) groups excluding carboxylic acids is 1. The summed E-state index contributed by atoms with van der Waals surface area (Å²) < 4.78 is 8.02. The number of para-hydroxylation sites is 1. The molecule has 2 heterocycles. The molecule has 1 aliphatic heterocycles. The molecular formula is C21H30N4O2. The lowest BCUT2D eigenvalue weighted by atomic mass is 10.1. The molecule has 0 spiro atoms. The van der Waals surface area contributed by atoms with Gasteiger partial charge in [0.15, 0.2) is 6.10 Å². The second-order valence-corrected chi connectivity index (χ2v) is 7.73. The van der Waals surface area contributed by atoms with Crippen LogP contribution in [0.4, 0.5) is 5.82 Å². The molecule has 1 unspecified atom stereocenters. The molecule has 0 aliphatic carbocycles. The minimum Gasteiger partial charge on any atom is -0.480 e. The number of benzene rings is 1. The summed E-state index contributed by atoms with van der Waals surface area (Å²) in [6, 6.07) is 9.96. The molecule has 0 radical (unpaired) electrons. The van der Waals surface area contributed by atoms with Crippen molar-refractivity contribution in [1.82, 2.24) is 14.7 Å². The molecule has 1 atom stereocenters. The Morgan fingerprint density at radius 1 is 1.22 bits per heavy atom. The predicted octanol–water partition coefficient (Wildman–Crippen LogP) is 3.50. The Balaban J connectivity index is 1.71. The van der Waals surface area contributed by atoms with E-state index in [0.29, 0.717) is 6.04 Å². The second-order valence-electron chi connectivity index (χ2n) is 7.73. The van der Waals surface area contributed by atoms with Crippen molar-refractivity contribution in [2.75, 3.05) is 25.5 Å². The SMILES string of the molecule is Cc1ccccc1OC(C(=O)Nc1ccnn1C1CCN(C)CC1)C(C)C. The smallest absolute Gasteiger partial charge is 0.266 e. The molecule has 6 nitrogen and oxygen atoms in total. The number of nitrogens with one attached hydrogen (secondary N) is 1. The summed E-state index contributed by atoms with van der Waals surface area (Å²) >= 11 is 0. The van der Waals surface area contributed by atoms with E-state index in [0.717, 1.165) is 43.1 Å². The topological polar surface area (TPSA) is 59.4 Å². The lowest BCUT2D eigenvalue weighted by molar-refractivity contribution is -0.124. The van der Waals surface area contributed by atoms with Crippen LogP contribution in [-0.2, 0) is 4.79 Å². The summed E-state index contributed by atoms with van der Waals surface area (Å²) in [6.07, 6.45) is 3.26. The Morgan fingerprint density at radius 2 is 1.93 bits per heavy atom. The highest BCUT2D eigenvalue weighted by molar-refractivity contribution is 5.93. The van der Waals surface area contributed by atoms with Crippen LogP contribution in [0.3, 0.4) is 0 Å². The number of likely N-dealkylation sites (tertiary alicyclic amines) is 1. The van der Waals surface area contributed by atoms with Crippen LogP contribution in [-0.4, -0.2) is 46.8 Å². The van der Waals surface area contributed by atoms with Gasteiger partial charge in [0.05, 0.1) is 12.2 Å². The van der Waals surface area contributed by atoms with Gasteiger partial charge in [0.25, 0.3) is 5.91 Å². The van der Waals surface area contributed by atoms with Crippen molar-refractivity contribution in [3.8, 4) is 5.75 Å². The highest BCUT2D eigenvalue weighted by Crippen LogP contribution is 2.26. The van der Waals surface area contributed by atoms with E-state index in [-0.39, 0.29) is 11.8 Å². The molecule has 1 aromatic carbocycles. The first-order valence-electron chi connectivity index (χ1n) is 9.71. The first-order valence-corrected chi connectivity index (χ1v) is 9.71. The van der Waals surface area contributed by atoms with E-state index in [1.54, 1.807) is 6.20 Å². The van der Waals surface area contributed by atoms with Crippen molar-refractivity contribution in [3.63, 3.8) is 0 Å². The van der Waals surface area contributed by atoms with Crippen molar-refractivity contribution in [3.05, 3.63) is 42.1 Å². The molecule has 1 aromatic heterocycles. The van der Waals surface area contributed by atoms with Gasteiger partial charge >= 0.3 is 0 Å². The van der Waals surface area contributed by atoms with E-state index in [1.165, 1.54) is 0 Å². The molecular weight excluding hydrogens is 340 g/mol. The maximum Gasteiger partial charge on any atom is 0.266 e. The number of anilines is 1. The minimum atomic E-state index is -0.563. The van der Waals surface area contributed by atoms with Crippen LogP contribution in [0.25, 0.3) is 0 Å². The lowest BCUT2D eigenvalue weighted by Crippen LogP contribution is -2.38. The molecule has 1 fully saturated rings. The third kappa shape index (κ3) is 4.69. The summed E-state index contributed by atoms with van der Waals surface area (Å²) in [4.78, 5) is 15.3. The van der Waals surface area contributed by atoms with Gasteiger partial charge < -0.3 is 15.0 Å². The summed E-state index contributed by atoms with van der Waals surface area (Å²) in [5.41, 5.74) is 1.02. The molecule has 1 N–H and O–H groups in total.